The first-order chi connectivity index (χ1) is 14.5. The maximum absolute atomic E-state index is 12.8. The number of carbonyl (C=O) groups excluding carboxylic acids is 1. The second-order valence-corrected chi connectivity index (χ2v) is 7.44. The number of benzene rings is 2. The Labute approximate surface area is 172 Å². The van der Waals surface area contributed by atoms with Gasteiger partial charge in [-0.05, 0) is 30.2 Å². The van der Waals surface area contributed by atoms with Crippen molar-refractivity contribution in [3.05, 3.63) is 75.2 Å². The zero-order valence-corrected chi connectivity index (χ0v) is 16.8. The van der Waals surface area contributed by atoms with E-state index in [2.05, 4.69) is 20.3 Å². The molecule has 0 aliphatic carbocycles. The molecule has 154 valence electrons. The molecule has 4 aromatic rings. The molecule has 2 atom stereocenters. The number of para-hydroxylation sites is 3. The number of nitrogens with one attached hydrogen (secondary N) is 3. The zero-order valence-electron chi connectivity index (χ0n) is 16.8. The molecule has 0 unspecified atom stereocenters. The average Bonchev–Trinajstić information content (AvgIpc) is 3.18. The highest BCUT2D eigenvalue weighted by atomic mass is 16.2. The van der Waals surface area contributed by atoms with Crippen LogP contribution in [0.15, 0.2) is 58.1 Å². The van der Waals surface area contributed by atoms with Crippen molar-refractivity contribution in [2.75, 3.05) is 0 Å². The molecule has 0 saturated heterocycles. The van der Waals surface area contributed by atoms with Gasteiger partial charge in [-0.1, -0.05) is 44.5 Å². The molecular formula is C22H23N5O3. The van der Waals surface area contributed by atoms with Crippen LogP contribution >= 0.6 is 0 Å². The third-order valence-corrected chi connectivity index (χ3v) is 5.42. The van der Waals surface area contributed by atoms with E-state index in [9.17, 15) is 14.4 Å². The van der Waals surface area contributed by atoms with Gasteiger partial charge in [-0.15, -0.1) is 0 Å². The van der Waals surface area contributed by atoms with E-state index >= 15 is 0 Å². The van der Waals surface area contributed by atoms with Crippen LogP contribution in [0.5, 0.6) is 0 Å². The highest BCUT2D eigenvalue weighted by Crippen LogP contribution is 2.24. The summed E-state index contributed by atoms with van der Waals surface area (Å²) < 4.78 is 0.921. The molecule has 0 radical (unpaired) electrons. The lowest BCUT2D eigenvalue weighted by atomic mass is 9.98. The van der Waals surface area contributed by atoms with E-state index in [1.807, 2.05) is 38.1 Å². The molecule has 2 heterocycles. The summed E-state index contributed by atoms with van der Waals surface area (Å²) in [6.07, 6.45) is 0.818. The molecule has 0 saturated carbocycles. The molecule has 0 fully saturated rings. The summed E-state index contributed by atoms with van der Waals surface area (Å²) in [5.41, 5.74) is 1.05. The first kappa shape index (κ1) is 19.6. The summed E-state index contributed by atoms with van der Waals surface area (Å²) in [5, 5.41) is 3.31. The van der Waals surface area contributed by atoms with Crippen molar-refractivity contribution in [1.82, 2.24) is 24.8 Å². The van der Waals surface area contributed by atoms with E-state index in [1.54, 1.807) is 24.3 Å². The number of hydrogen-bond donors (Lipinski definition) is 3. The fraction of sp³-hybridized carbons (Fsp3) is 0.273. The van der Waals surface area contributed by atoms with Crippen LogP contribution in [0.2, 0.25) is 0 Å². The van der Waals surface area contributed by atoms with E-state index in [0.29, 0.717) is 16.7 Å². The molecule has 0 bridgehead atoms. The summed E-state index contributed by atoms with van der Waals surface area (Å²) in [7, 11) is 0. The minimum Gasteiger partial charge on any atom is -0.344 e. The number of carbonyl (C=O) groups is 1. The Morgan fingerprint density at radius 1 is 1.07 bits per heavy atom. The Morgan fingerprint density at radius 3 is 2.50 bits per heavy atom. The van der Waals surface area contributed by atoms with E-state index in [-0.39, 0.29) is 18.5 Å². The largest absolute Gasteiger partial charge is 0.344 e. The van der Waals surface area contributed by atoms with E-state index in [0.717, 1.165) is 22.0 Å². The number of hydrogen-bond acceptors (Lipinski definition) is 4. The first-order valence-electron chi connectivity index (χ1n) is 9.93. The normalized spacial score (nSPS) is 13.4. The van der Waals surface area contributed by atoms with Crippen LogP contribution in [0.4, 0.5) is 0 Å². The second kappa shape index (κ2) is 7.98. The van der Waals surface area contributed by atoms with Gasteiger partial charge in [0, 0.05) is 0 Å². The molecule has 30 heavy (non-hydrogen) atoms. The van der Waals surface area contributed by atoms with Crippen LogP contribution in [-0.2, 0) is 11.3 Å². The summed E-state index contributed by atoms with van der Waals surface area (Å²) >= 11 is 0. The number of amides is 1. The Bertz CT molecular complexity index is 1300. The Morgan fingerprint density at radius 2 is 1.77 bits per heavy atom. The Kier molecular flexibility index (Phi) is 5.22. The van der Waals surface area contributed by atoms with Gasteiger partial charge < -0.3 is 15.3 Å². The zero-order chi connectivity index (χ0) is 21.3. The summed E-state index contributed by atoms with van der Waals surface area (Å²) in [6, 6.07) is 14.0. The molecule has 2 aromatic heterocycles. The number of H-pyrrole nitrogens is 2. The lowest BCUT2D eigenvalue weighted by Crippen LogP contribution is -2.42. The van der Waals surface area contributed by atoms with E-state index < -0.39 is 17.2 Å². The number of aromatic nitrogens is 4. The average molecular weight is 405 g/mol. The van der Waals surface area contributed by atoms with Crippen LogP contribution in [0.1, 0.15) is 32.1 Å². The van der Waals surface area contributed by atoms with Gasteiger partial charge in [0.1, 0.15) is 12.4 Å². The molecule has 3 N–H and O–H groups in total. The number of aromatic amines is 2. The van der Waals surface area contributed by atoms with Crippen LogP contribution in [0.25, 0.3) is 21.9 Å². The SMILES string of the molecule is CC[C@H](C)[C@H](NC(=O)Cn1c(=O)[nH]c2ccccc2c1=O)c1nc2ccccc2[nH]1. The van der Waals surface area contributed by atoms with Crippen molar-refractivity contribution in [3.8, 4) is 0 Å². The number of fused-ring (bicyclic) bond motifs is 2. The Hall–Kier alpha value is -3.68. The number of imidazole rings is 1. The first-order valence-corrected chi connectivity index (χ1v) is 9.93. The molecule has 4 rings (SSSR count). The highest BCUT2D eigenvalue weighted by molar-refractivity contribution is 5.79. The molecule has 0 spiro atoms. The van der Waals surface area contributed by atoms with Crippen LogP contribution < -0.4 is 16.6 Å². The van der Waals surface area contributed by atoms with Gasteiger partial charge in [0.25, 0.3) is 5.56 Å². The fourth-order valence-corrected chi connectivity index (χ4v) is 3.54. The quantitative estimate of drug-likeness (QED) is 0.457. The molecule has 8 nitrogen and oxygen atoms in total. The lowest BCUT2D eigenvalue weighted by molar-refractivity contribution is -0.123. The fourth-order valence-electron chi connectivity index (χ4n) is 3.54. The predicted octanol–water partition coefficient (Wildman–Crippen LogP) is 2.47. The molecule has 0 aliphatic heterocycles. The molecule has 2 aromatic carbocycles. The number of nitrogens with zero attached hydrogens (tertiary/aromatic N) is 2. The monoisotopic (exact) mass is 405 g/mol. The van der Waals surface area contributed by atoms with E-state index in [1.165, 1.54) is 0 Å². The molecule has 0 aliphatic rings. The second-order valence-electron chi connectivity index (χ2n) is 7.44. The van der Waals surface area contributed by atoms with Crippen LogP contribution in [-0.4, -0.2) is 25.4 Å². The van der Waals surface area contributed by atoms with Crippen molar-refractivity contribution >= 4 is 27.8 Å². The standard InChI is InChI=1S/C22H23N5O3/c1-3-13(2)19(20-23-16-10-6-7-11-17(16)24-20)26-18(28)12-27-21(29)14-8-4-5-9-15(14)25-22(27)30/h4-11,13,19H,3,12H2,1-2H3,(H,23,24)(H,25,30)(H,26,28)/t13-,19-/m0/s1. The Balaban J connectivity index is 1.63. The molecule has 8 heteroatoms. The minimum absolute atomic E-state index is 0.0983. The summed E-state index contributed by atoms with van der Waals surface area (Å²) in [4.78, 5) is 48.4. The highest BCUT2D eigenvalue weighted by Gasteiger charge is 2.24. The van der Waals surface area contributed by atoms with Gasteiger partial charge >= 0.3 is 5.69 Å². The van der Waals surface area contributed by atoms with Crippen molar-refractivity contribution in [1.29, 1.82) is 0 Å². The third-order valence-electron chi connectivity index (χ3n) is 5.42. The van der Waals surface area contributed by atoms with Gasteiger partial charge in [-0.25, -0.2) is 9.78 Å². The molecule has 1 amide bonds. The maximum Gasteiger partial charge on any atom is 0.329 e. The van der Waals surface area contributed by atoms with Crippen molar-refractivity contribution in [2.45, 2.75) is 32.9 Å². The lowest BCUT2D eigenvalue weighted by Gasteiger charge is -2.22. The van der Waals surface area contributed by atoms with Crippen molar-refractivity contribution < 1.29 is 4.79 Å². The third kappa shape index (κ3) is 3.63. The predicted molar refractivity (Wildman–Crippen MR) is 115 cm³/mol. The van der Waals surface area contributed by atoms with Crippen molar-refractivity contribution in [3.63, 3.8) is 0 Å². The molecular weight excluding hydrogens is 382 g/mol. The maximum atomic E-state index is 12.8. The minimum atomic E-state index is -0.613. The van der Waals surface area contributed by atoms with Crippen LogP contribution in [0.3, 0.4) is 0 Å². The smallest absolute Gasteiger partial charge is 0.329 e. The van der Waals surface area contributed by atoms with Gasteiger partial charge in [-0.2, -0.15) is 0 Å². The van der Waals surface area contributed by atoms with Gasteiger partial charge in [0.2, 0.25) is 5.91 Å². The van der Waals surface area contributed by atoms with Gasteiger partial charge in [0.05, 0.1) is 28.0 Å². The summed E-state index contributed by atoms with van der Waals surface area (Å²) in [5.74, 6) is 0.323. The van der Waals surface area contributed by atoms with E-state index in [4.69, 9.17) is 0 Å². The van der Waals surface area contributed by atoms with Crippen molar-refractivity contribution in [2.24, 2.45) is 5.92 Å². The number of rotatable bonds is 6. The van der Waals surface area contributed by atoms with Gasteiger partial charge in [0.15, 0.2) is 0 Å². The topological polar surface area (TPSA) is 113 Å². The summed E-state index contributed by atoms with van der Waals surface area (Å²) in [6.45, 7) is 3.68. The van der Waals surface area contributed by atoms with Gasteiger partial charge in [-0.3, -0.25) is 14.2 Å². The van der Waals surface area contributed by atoms with Crippen LogP contribution in [0, 0.1) is 5.92 Å².